The third kappa shape index (κ3) is 1.30. The Kier molecular flexibility index (Phi) is 2.34. The maximum Gasteiger partial charge on any atom is 0.179 e. The Morgan fingerprint density at radius 1 is 1.67 bits per heavy atom. The first-order valence-corrected chi connectivity index (χ1v) is 4.67. The van der Waals surface area contributed by atoms with Gasteiger partial charge >= 0.3 is 0 Å². The van der Waals surface area contributed by atoms with Crippen LogP contribution in [0.25, 0.3) is 0 Å². The summed E-state index contributed by atoms with van der Waals surface area (Å²) in [7, 11) is 0. The average molecular weight is 208 g/mol. The van der Waals surface area contributed by atoms with Crippen molar-refractivity contribution in [2.45, 2.75) is 11.9 Å². The molecule has 0 unspecified atom stereocenters. The molecular weight excluding hydrogens is 196 g/mol. The van der Waals surface area contributed by atoms with Crippen LogP contribution in [0.4, 0.5) is 0 Å². The summed E-state index contributed by atoms with van der Waals surface area (Å²) < 4.78 is 5.24. The van der Waals surface area contributed by atoms with E-state index in [2.05, 4.69) is 6.58 Å². The van der Waals surface area contributed by atoms with Gasteiger partial charge in [0.25, 0.3) is 0 Å². The van der Waals surface area contributed by atoms with Crippen LogP contribution in [0, 0.1) is 5.92 Å². The molecule has 1 heterocycles. The first-order chi connectivity index (χ1) is 7.14. The molecule has 0 saturated carbocycles. The summed E-state index contributed by atoms with van der Waals surface area (Å²) in [5.74, 6) is -0.774. The number of aliphatic hydroxyl groups excluding tert-OH is 2. The van der Waals surface area contributed by atoms with Gasteiger partial charge in [-0.2, -0.15) is 0 Å². The Morgan fingerprint density at radius 3 is 3.00 bits per heavy atom. The number of hydrogen-bond donors (Lipinski definition) is 2. The van der Waals surface area contributed by atoms with Crippen molar-refractivity contribution < 1.29 is 19.7 Å². The lowest BCUT2D eigenvalue weighted by Gasteiger charge is -2.22. The second-order valence-electron chi connectivity index (χ2n) is 3.65. The lowest BCUT2D eigenvalue weighted by molar-refractivity contribution is -0.136. The van der Waals surface area contributed by atoms with Gasteiger partial charge in [0.1, 0.15) is 5.60 Å². The van der Waals surface area contributed by atoms with Crippen LogP contribution in [0.15, 0.2) is 36.5 Å². The van der Waals surface area contributed by atoms with E-state index in [1.165, 1.54) is 18.2 Å². The molecule has 3 atom stereocenters. The van der Waals surface area contributed by atoms with Crippen molar-refractivity contribution >= 4 is 5.78 Å². The highest BCUT2D eigenvalue weighted by atomic mass is 16.6. The number of allylic oxidation sites excluding steroid dienone is 3. The minimum Gasteiger partial charge on any atom is -0.393 e. The fourth-order valence-electron chi connectivity index (χ4n) is 2.12. The molecule has 0 aromatic carbocycles. The molecule has 0 aromatic heterocycles. The molecule has 2 rings (SSSR count). The Balaban J connectivity index is 2.45. The summed E-state index contributed by atoms with van der Waals surface area (Å²) in [6.45, 7) is 3.18. The molecular formula is C11H12O4. The van der Waals surface area contributed by atoms with Crippen molar-refractivity contribution in [3.05, 3.63) is 36.5 Å². The van der Waals surface area contributed by atoms with E-state index in [1.807, 2.05) is 0 Å². The van der Waals surface area contributed by atoms with Crippen LogP contribution in [0.2, 0.25) is 0 Å². The lowest BCUT2D eigenvalue weighted by atomic mass is 9.86. The molecule has 1 fully saturated rings. The molecule has 4 heteroatoms. The molecule has 0 radical (unpaired) electrons. The lowest BCUT2D eigenvalue weighted by Crippen LogP contribution is -2.37. The number of aliphatic hydroxyl groups is 2. The largest absolute Gasteiger partial charge is 0.393 e. The number of carbonyl (C=O) groups is 1. The summed E-state index contributed by atoms with van der Waals surface area (Å²) in [5, 5.41) is 18.9. The van der Waals surface area contributed by atoms with Gasteiger partial charge in [-0.1, -0.05) is 18.7 Å². The summed E-state index contributed by atoms with van der Waals surface area (Å²) in [4.78, 5) is 11.6. The van der Waals surface area contributed by atoms with E-state index in [9.17, 15) is 15.0 Å². The molecule has 15 heavy (non-hydrogen) atoms. The molecule has 1 aliphatic heterocycles. The standard InChI is InChI=1S/C11H12O4/c1-2-3-7-9-8(13)4-5-11(9,6-12)15-10(7)14/h2-5,9-10,12,14H,1,6H2/b7-3+/t9-,10+,11-/m1/s1. The molecule has 1 aliphatic carbocycles. The predicted octanol–water partition coefficient (Wildman–Crippen LogP) is -0.0664. The zero-order valence-electron chi connectivity index (χ0n) is 8.09. The fourth-order valence-corrected chi connectivity index (χ4v) is 2.12. The van der Waals surface area contributed by atoms with Crippen molar-refractivity contribution in [1.29, 1.82) is 0 Å². The van der Waals surface area contributed by atoms with E-state index in [0.717, 1.165) is 0 Å². The zero-order valence-corrected chi connectivity index (χ0v) is 8.09. The number of ketones is 1. The average Bonchev–Trinajstić information content (AvgIpc) is 2.67. The van der Waals surface area contributed by atoms with Crippen LogP contribution in [0.5, 0.6) is 0 Å². The van der Waals surface area contributed by atoms with Crippen molar-refractivity contribution in [3.63, 3.8) is 0 Å². The molecule has 2 aliphatic rings. The van der Waals surface area contributed by atoms with Crippen LogP contribution in [0.1, 0.15) is 0 Å². The molecule has 1 saturated heterocycles. The van der Waals surface area contributed by atoms with E-state index in [-0.39, 0.29) is 12.4 Å². The molecule has 0 bridgehead atoms. The fraction of sp³-hybridized carbons (Fsp3) is 0.364. The van der Waals surface area contributed by atoms with Gasteiger partial charge in [-0.25, -0.2) is 0 Å². The number of hydrogen-bond acceptors (Lipinski definition) is 4. The summed E-state index contributed by atoms with van der Waals surface area (Å²) in [6.07, 6.45) is 4.78. The van der Waals surface area contributed by atoms with Gasteiger partial charge < -0.3 is 14.9 Å². The maximum atomic E-state index is 11.6. The molecule has 2 N–H and O–H groups in total. The Labute approximate surface area is 87.2 Å². The highest BCUT2D eigenvalue weighted by Gasteiger charge is 2.55. The molecule has 80 valence electrons. The Bertz CT molecular complexity index is 369. The van der Waals surface area contributed by atoms with Gasteiger partial charge in [0.2, 0.25) is 0 Å². The highest BCUT2D eigenvalue weighted by Crippen LogP contribution is 2.44. The van der Waals surface area contributed by atoms with Gasteiger partial charge in [-0.15, -0.1) is 0 Å². The van der Waals surface area contributed by atoms with E-state index in [1.54, 1.807) is 6.08 Å². The third-order valence-corrected chi connectivity index (χ3v) is 2.81. The molecule has 0 amide bonds. The smallest absolute Gasteiger partial charge is 0.179 e. The van der Waals surface area contributed by atoms with Crippen LogP contribution in [0.3, 0.4) is 0 Å². The van der Waals surface area contributed by atoms with Gasteiger partial charge in [0.15, 0.2) is 12.1 Å². The van der Waals surface area contributed by atoms with Crippen LogP contribution < -0.4 is 0 Å². The van der Waals surface area contributed by atoms with Gasteiger partial charge in [-0.05, 0) is 17.7 Å². The molecule has 0 spiro atoms. The first-order valence-electron chi connectivity index (χ1n) is 4.67. The van der Waals surface area contributed by atoms with Crippen molar-refractivity contribution in [2.75, 3.05) is 6.61 Å². The van der Waals surface area contributed by atoms with Crippen LogP contribution >= 0.6 is 0 Å². The molecule has 0 aromatic rings. The zero-order chi connectivity index (χ0) is 11.1. The number of rotatable bonds is 2. The quantitative estimate of drug-likeness (QED) is 0.666. The van der Waals surface area contributed by atoms with E-state index in [0.29, 0.717) is 5.57 Å². The number of carbonyl (C=O) groups excluding carboxylic acids is 1. The van der Waals surface area contributed by atoms with Crippen molar-refractivity contribution in [3.8, 4) is 0 Å². The first kappa shape index (κ1) is 10.3. The monoisotopic (exact) mass is 208 g/mol. The Morgan fingerprint density at radius 2 is 2.40 bits per heavy atom. The number of ether oxygens (including phenoxy) is 1. The maximum absolute atomic E-state index is 11.6. The minimum atomic E-state index is -1.14. The van der Waals surface area contributed by atoms with Gasteiger partial charge in [-0.3, -0.25) is 4.79 Å². The second-order valence-corrected chi connectivity index (χ2v) is 3.65. The van der Waals surface area contributed by atoms with Crippen LogP contribution in [-0.2, 0) is 9.53 Å². The SMILES string of the molecule is C=C/C=C1/[C@@H](O)O[C@@]2(CO)C=CC(=O)[C@@H]12. The number of fused-ring (bicyclic) bond motifs is 1. The van der Waals surface area contributed by atoms with Crippen molar-refractivity contribution in [1.82, 2.24) is 0 Å². The molecule has 4 nitrogen and oxygen atoms in total. The topological polar surface area (TPSA) is 66.8 Å². The summed E-state index contributed by atoms with van der Waals surface area (Å²) in [6, 6.07) is 0. The minimum absolute atomic E-state index is 0.159. The van der Waals surface area contributed by atoms with E-state index in [4.69, 9.17) is 4.74 Å². The predicted molar refractivity (Wildman–Crippen MR) is 52.8 cm³/mol. The van der Waals surface area contributed by atoms with Gasteiger partial charge in [0.05, 0.1) is 12.5 Å². The van der Waals surface area contributed by atoms with E-state index >= 15 is 0 Å². The summed E-state index contributed by atoms with van der Waals surface area (Å²) in [5.41, 5.74) is -0.625. The van der Waals surface area contributed by atoms with Gasteiger partial charge in [0, 0.05) is 0 Å². The normalized spacial score (nSPS) is 41.2. The highest BCUT2D eigenvalue weighted by molar-refractivity contribution is 5.98. The van der Waals surface area contributed by atoms with Crippen LogP contribution in [-0.4, -0.2) is 34.5 Å². The van der Waals surface area contributed by atoms with E-state index < -0.39 is 17.8 Å². The second kappa shape index (κ2) is 3.41. The van der Waals surface area contributed by atoms with Crippen molar-refractivity contribution in [2.24, 2.45) is 5.92 Å². The Hall–Kier alpha value is -1.23. The third-order valence-electron chi connectivity index (χ3n) is 2.81. The summed E-state index contributed by atoms with van der Waals surface area (Å²) >= 11 is 0.